The first-order valence-corrected chi connectivity index (χ1v) is 3.56. The van der Waals surface area contributed by atoms with Crippen LogP contribution >= 0.6 is 0 Å². The van der Waals surface area contributed by atoms with Gasteiger partial charge in [0.05, 0.1) is 6.67 Å². The van der Waals surface area contributed by atoms with Crippen LogP contribution in [-0.2, 0) is 0 Å². The average molecular weight is 127 g/mol. The lowest BCUT2D eigenvalue weighted by molar-refractivity contribution is 0.0502. The Bertz CT molecular complexity index is 115. The summed E-state index contributed by atoms with van der Waals surface area (Å²) in [6, 6.07) is 0.801. The van der Waals surface area contributed by atoms with Crippen LogP contribution in [0.5, 0.6) is 0 Å². The van der Waals surface area contributed by atoms with E-state index in [1.54, 1.807) is 0 Å². The topological polar surface area (TPSA) is 18.5 Å². The fourth-order valence-corrected chi connectivity index (χ4v) is 1.70. The van der Waals surface area contributed by atoms with Crippen molar-refractivity contribution in [2.24, 2.45) is 0 Å². The van der Waals surface area contributed by atoms with Gasteiger partial charge in [-0.25, -0.2) is 10.0 Å². The van der Waals surface area contributed by atoms with Crippen LogP contribution in [0.1, 0.15) is 6.42 Å². The van der Waals surface area contributed by atoms with Crippen LogP contribution in [-0.4, -0.2) is 42.9 Å². The Morgan fingerprint density at radius 2 is 2.44 bits per heavy atom. The lowest BCUT2D eigenvalue weighted by Crippen LogP contribution is -2.35. The quantitative estimate of drug-likeness (QED) is 0.472. The standard InChI is InChI=1S/C6H13N3/c1-8-3-2-6-4-7-5-9(6)8/h6-7H,2-5H2,1H3. The Hall–Kier alpha value is -0.120. The van der Waals surface area contributed by atoms with Gasteiger partial charge in [-0.2, -0.15) is 0 Å². The molecule has 9 heavy (non-hydrogen) atoms. The van der Waals surface area contributed by atoms with E-state index in [1.165, 1.54) is 19.5 Å². The normalized spacial score (nSPS) is 37.7. The summed E-state index contributed by atoms with van der Waals surface area (Å²) in [6.07, 6.45) is 1.34. The smallest absolute Gasteiger partial charge is 0.0627 e. The maximum Gasteiger partial charge on any atom is 0.0627 e. The molecule has 2 rings (SSSR count). The number of rotatable bonds is 0. The second-order valence-corrected chi connectivity index (χ2v) is 2.88. The van der Waals surface area contributed by atoms with Gasteiger partial charge in [0.15, 0.2) is 0 Å². The first-order chi connectivity index (χ1) is 4.38. The summed E-state index contributed by atoms with van der Waals surface area (Å²) < 4.78 is 0. The summed E-state index contributed by atoms with van der Waals surface area (Å²) in [5, 5.41) is 8.05. The van der Waals surface area contributed by atoms with Crippen molar-refractivity contribution >= 4 is 0 Å². The van der Waals surface area contributed by atoms with Crippen molar-refractivity contribution in [1.82, 2.24) is 15.3 Å². The van der Waals surface area contributed by atoms with Gasteiger partial charge >= 0.3 is 0 Å². The lowest BCUT2D eigenvalue weighted by Gasteiger charge is -2.21. The molecule has 52 valence electrons. The van der Waals surface area contributed by atoms with E-state index in [4.69, 9.17) is 0 Å². The van der Waals surface area contributed by atoms with E-state index < -0.39 is 0 Å². The zero-order chi connectivity index (χ0) is 6.27. The molecule has 3 nitrogen and oxygen atoms in total. The summed E-state index contributed by atoms with van der Waals surface area (Å²) in [7, 11) is 2.16. The molecule has 3 heteroatoms. The maximum atomic E-state index is 3.34. The van der Waals surface area contributed by atoms with E-state index in [0.717, 1.165) is 12.7 Å². The molecule has 2 saturated heterocycles. The molecule has 0 aromatic rings. The third-order valence-electron chi connectivity index (χ3n) is 2.30. The predicted octanol–water partition coefficient (Wildman–Crippen LogP) is -0.532. The minimum absolute atomic E-state index is 0.801. The zero-order valence-electron chi connectivity index (χ0n) is 5.80. The summed E-state index contributed by atoms with van der Waals surface area (Å²) in [5.41, 5.74) is 0. The summed E-state index contributed by atoms with van der Waals surface area (Å²) in [5.74, 6) is 0. The van der Waals surface area contributed by atoms with Crippen LogP contribution in [0.15, 0.2) is 0 Å². The SMILES string of the molecule is CN1CCC2CNCN21. The van der Waals surface area contributed by atoms with Gasteiger partial charge in [0, 0.05) is 26.2 Å². The molecule has 2 fully saturated rings. The zero-order valence-corrected chi connectivity index (χ0v) is 5.80. The third-order valence-corrected chi connectivity index (χ3v) is 2.30. The molecule has 0 aromatic heterocycles. The van der Waals surface area contributed by atoms with Crippen LogP contribution in [0.2, 0.25) is 0 Å². The Kier molecular flexibility index (Phi) is 1.22. The molecule has 1 unspecified atom stereocenters. The molecular weight excluding hydrogens is 114 g/mol. The van der Waals surface area contributed by atoms with Crippen molar-refractivity contribution in [3.05, 3.63) is 0 Å². The first-order valence-electron chi connectivity index (χ1n) is 3.56. The molecule has 0 radical (unpaired) electrons. The van der Waals surface area contributed by atoms with E-state index in [-0.39, 0.29) is 0 Å². The monoisotopic (exact) mass is 127 g/mol. The molecule has 2 aliphatic heterocycles. The molecule has 0 bridgehead atoms. The highest BCUT2D eigenvalue weighted by atomic mass is 15.7. The molecule has 0 saturated carbocycles. The molecule has 1 N–H and O–H groups in total. The summed E-state index contributed by atoms with van der Waals surface area (Å²) in [6.45, 7) is 3.48. The highest BCUT2D eigenvalue weighted by Gasteiger charge is 2.32. The average Bonchev–Trinajstić information content (AvgIpc) is 2.35. The van der Waals surface area contributed by atoms with E-state index in [0.29, 0.717) is 0 Å². The number of nitrogens with zero attached hydrogens (tertiary/aromatic N) is 2. The number of hydrogen-bond acceptors (Lipinski definition) is 3. The van der Waals surface area contributed by atoms with Gasteiger partial charge in [-0.3, -0.25) is 0 Å². The van der Waals surface area contributed by atoms with Gasteiger partial charge in [-0.15, -0.1) is 0 Å². The van der Waals surface area contributed by atoms with Crippen LogP contribution in [0, 0.1) is 0 Å². The molecule has 2 aliphatic rings. The summed E-state index contributed by atoms with van der Waals surface area (Å²) in [4.78, 5) is 0. The van der Waals surface area contributed by atoms with Crippen LogP contribution in [0.3, 0.4) is 0 Å². The molecule has 0 spiro atoms. The molecular formula is C6H13N3. The fraction of sp³-hybridized carbons (Fsp3) is 1.00. The van der Waals surface area contributed by atoms with Crippen LogP contribution in [0.25, 0.3) is 0 Å². The highest BCUT2D eigenvalue weighted by Crippen LogP contribution is 2.17. The Labute approximate surface area is 55.6 Å². The van der Waals surface area contributed by atoms with Crippen molar-refractivity contribution in [3.8, 4) is 0 Å². The van der Waals surface area contributed by atoms with Crippen LogP contribution in [0.4, 0.5) is 0 Å². The van der Waals surface area contributed by atoms with Gasteiger partial charge in [0.2, 0.25) is 0 Å². The number of hydrazine groups is 1. The van der Waals surface area contributed by atoms with Gasteiger partial charge in [0.25, 0.3) is 0 Å². The number of nitrogens with one attached hydrogen (secondary N) is 1. The van der Waals surface area contributed by atoms with Crippen molar-refractivity contribution in [2.75, 3.05) is 26.8 Å². The van der Waals surface area contributed by atoms with Crippen molar-refractivity contribution in [2.45, 2.75) is 12.5 Å². The highest BCUT2D eigenvalue weighted by molar-refractivity contribution is 4.83. The Morgan fingerprint density at radius 3 is 3.22 bits per heavy atom. The number of fused-ring (bicyclic) bond motifs is 1. The van der Waals surface area contributed by atoms with E-state index in [1.807, 2.05) is 0 Å². The first kappa shape index (κ1) is 5.65. The largest absolute Gasteiger partial charge is 0.302 e. The Morgan fingerprint density at radius 1 is 1.56 bits per heavy atom. The lowest BCUT2D eigenvalue weighted by atomic mass is 10.2. The van der Waals surface area contributed by atoms with Gasteiger partial charge in [-0.05, 0) is 6.42 Å². The fourth-order valence-electron chi connectivity index (χ4n) is 1.70. The van der Waals surface area contributed by atoms with E-state index in [2.05, 4.69) is 22.4 Å². The van der Waals surface area contributed by atoms with Gasteiger partial charge in [0.1, 0.15) is 0 Å². The maximum absolute atomic E-state index is 3.34. The molecule has 0 amide bonds. The second-order valence-electron chi connectivity index (χ2n) is 2.88. The molecule has 1 atom stereocenters. The minimum atomic E-state index is 0.801. The predicted molar refractivity (Wildman–Crippen MR) is 35.7 cm³/mol. The van der Waals surface area contributed by atoms with Gasteiger partial charge < -0.3 is 5.32 Å². The number of hydrogen-bond donors (Lipinski definition) is 1. The van der Waals surface area contributed by atoms with E-state index in [9.17, 15) is 0 Å². The molecule has 0 aromatic carbocycles. The van der Waals surface area contributed by atoms with Gasteiger partial charge in [-0.1, -0.05) is 0 Å². The Balaban J connectivity index is 2.07. The summed E-state index contributed by atoms with van der Waals surface area (Å²) >= 11 is 0. The van der Waals surface area contributed by atoms with Crippen molar-refractivity contribution in [1.29, 1.82) is 0 Å². The third kappa shape index (κ3) is 0.764. The van der Waals surface area contributed by atoms with Crippen molar-refractivity contribution < 1.29 is 0 Å². The second kappa shape index (κ2) is 1.94. The minimum Gasteiger partial charge on any atom is -0.302 e. The van der Waals surface area contributed by atoms with Crippen molar-refractivity contribution in [3.63, 3.8) is 0 Å². The molecule has 2 heterocycles. The van der Waals surface area contributed by atoms with E-state index >= 15 is 0 Å². The van der Waals surface area contributed by atoms with Crippen LogP contribution < -0.4 is 5.32 Å². The molecule has 0 aliphatic carbocycles.